The van der Waals surface area contributed by atoms with Crippen LogP contribution in [0.25, 0.3) is 10.6 Å². The predicted molar refractivity (Wildman–Crippen MR) is 99.7 cm³/mol. The Morgan fingerprint density at radius 1 is 1.38 bits per heavy atom. The van der Waals surface area contributed by atoms with Crippen LogP contribution < -0.4 is 5.32 Å². The number of hydrogen-bond acceptors (Lipinski definition) is 4. The molecule has 0 spiro atoms. The van der Waals surface area contributed by atoms with Gasteiger partial charge in [-0.2, -0.15) is 0 Å². The lowest BCUT2D eigenvalue weighted by Crippen LogP contribution is -2.39. The summed E-state index contributed by atoms with van der Waals surface area (Å²) in [6.07, 6.45) is 3.34. The first kappa shape index (κ1) is 17.4. The first-order chi connectivity index (χ1) is 11.7. The Labute approximate surface area is 151 Å². The molecule has 1 N–H and O–H groups in total. The minimum Gasteiger partial charge on any atom is -0.337 e. The zero-order valence-electron chi connectivity index (χ0n) is 13.8. The van der Waals surface area contributed by atoms with Crippen molar-refractivity contribution in [3.05, 3.63) is 40.4 Å². The second-order valence-electron chi connectivity index (χ2n) is 6.15. The second-order valence-corrected chi connectivity index (χ2v) is 7.41. The second kappa shape index (κ2) is 8.10. The van der Waals surface area contributed by atoms with E-state index in [9.17, 15) is 4.79 Å². The van der Waals surface area contributed by atoms with Crippen LogP contribution in [0.2, 0.25) is 5.02 Å². The lowest BCUT2D eigenvalue weighted by molar-refractivity contribution is 0.0682. The predicted octanol–water partition coefficient (Wildman–Crippen LogP) is 3.93. The number of nitrogens with zero attached hydrogens (tertiary/aromatic N) is 2. The van der Waals surface area contributed by atoms with E-state index in [0.717, 1.165) is 49.0 Å². The van der Waals surface area contributed by atoms with E-state index in [2.05, 4.69) is 10.3 Å². The van der Waals surface area contributed by atoms with Gasteiger partial charge in [-0.15, -0.1) is 11.3 Å². The normalized spacial score (nSPS) is 15.7. The molecule has 2 aromatic rings. The summed E-state index contributed by atoms with van der Waals surface area (Å²) in [6, 6.07) is 7.60. The van der Waals surface area contributed by atoms with E-state index in [0.29, 0.717) is 10.7 Å². The number of thiazole rings is 1. The molecule has 1 aromatic carbocycles. The van der Waals surface area contributed by atoms with Crippen molar-refractivity contribution in [1.29, 1.82) is 0 Å². The summed E-state index contributed by atoms with van der Waals surface area (Å²) < 4.78 is 0. The van der Waals surface area contributed by atoms with E-state index in [1.165, 1.54) is 17.8 Å². The summed E-state index contributed by atoms with van der Waals surface area (Å²) in [7, 11) is 1.98. The van der Waals surface area contributed by atoms with E-state index in [1.54, 1.807) is 0 Å². The molecule has 3 rings (SSSR count). The quantitative estimate of drug-likeness (QED) is 0.875. The van der Waals surface area contributed by atoms with Crippen LogP contribution in [0.3, 0.4) is 0 Å². The number of aromatic nitrogens is 1. The van der Waals surface area contributed by atoms with Crippen molar-refractivity contribution in [3.63, 3.8) is 0 Å². The minimum absolute atomic E-state index is 0.0385. The van der Waals surface area contributed by atoms with Gasteiger partial charge in [-0.05, 0) is 44.8 Å². The summed E-state index contributed by atoms with van der Waals surface area (Å²) in [4.78, 5) is 19.1. The molecular weight excluding hydrogens is 342 g/mol. The number of benzene rings is 1. The summed E-state index contributed by atoms with van der Waals surface area (Å²) in [6.45, 7) is 2.70. The summed E-state index contributed by atoms with van der Waals surface area (Å²) in [5.41, 5.74) is 1.41. The van der Waals surface area contributed by atoms with E-state index < -0.39 is 0 Å². The van der Waals surface area contributed by atoms with Gasteiger partial charge in [-0.1, -0.05) is 29.8 Å². The van der Waals surface area contributed by atoms with Crippen LogP contribution in [0.5, 0.6) is 0 Å². The Morgan fingerprint density at radius 2 is 2.12 bits per heavy atom. The molecule has 2 heterocycles. The van der Waals surface area contributed by atoms with Crippen LogP contribution in [0.15, 0.2) is 29.6 Å². The van der Waals surface area contributed by atoms with Gasteiger partial charge in [-0.3, -0.25) is 4.79 Å². The zero-order chi connectivity index (χ0) is 16.9. The monoisotopic (exact) mass is 363 g/mol. The van der Waals surface area contributed by atoms with E-state index in [1.807, 2.05) is 41.6 Å². The molecule has 1 aliphatic rings. The number of likely N-dealkylation sites (tertiary alicyclic amines) is 1. The van der Waals surface area contributed by atoms with E-state index in [4.69, 9.17) is 11.6 Å². The van der Waals surface area contributed by atoms with Gasteiger partial charge in [0.15, 0.2) is 0 Å². The average Bonchev–Trinajstić information content (AvgIpc) is 3.10. The van der Waals surface area contributed by atoms with Crippen molar-refractivity contribution in [3.8, 4) is 10.6 Å². The Hall–Kier alpha value is -1.43. The SMILES string of the molecule is CNCCC1CCN(C(=O)c2csc(-c3ccccc3Cl)n2)CC1. The molecule has 128 valence electrons. The molecule has 0 atom stereocenters. The number of hydrogen-bond donors (Lipinski definition) is 1. The molecule has 1 aliphatic heterocycles. The van der Waals surface area contributed by atoms with Crippen molar-refractivity contribution < 1.29 is 4.79 Å². The standard InChI is InChI=1S/C18H22ClN3OS/c1-20-9-6-13-7-10-22(11-8-13)18(23)16-12-24-17(21-16)14-4-2-3-5-15(14)19/h2-5,12-13,20H,6-11H2,1H3. The highest BCUT2D eigenvalue weighted by Crippen LogP contribution is 2.30. The highest BCUT2D eigenvalue weighted by Gasteiger charge is 2.25. The number of carbonyl (C=O) groups excluding carboxylic acids is 1. The number of amides is 1. The van der Waals surface area contributed by atoms with Crippen LogP contribution in [-0.4, -0.2) is 42.5 Å². The van der Waals surface area contributed by atoms with Crippen LogP contribution in [0.4, 0.5) is 0 Å². The molecule has 0 radical (unpaired) electrons. The zero-order valence-corrected chi connectivity index (χ0v) is 15.4. The van der Waals surface area contributed by atoms with E-state index in [-0.39, 0.29) is 5.91 Å². The lowest BCUT2D eigenvalue weighted by atomic mass is 9.93. The molecule has 4 nitrogen and oxygen atoms in total. The molecule has 1 amide bonds. The number of carbonyl (C=O) groups is 1. The van der Waals surface area contributed by atoms with Crippen LogP contribution >= 0.6 is 22.9 Å². The minimum atomic E-state index is 0.0385. The van der Waals surface area contributed by atoms with Gasteiger partial charge in [-0.25, -0.2) is 4.98 Å². The summed E-state index contributed by atoms with van der Waals surface area (Å²) >= 11 is 7.69. The number of rotatable bonds is 5. The van der Waals surface area contributed by atoms with Crippen LogP contribution in [0, 0.1) is 5.92 Å². The number of nitrogens with one attached hydrogen (secondary N) is 1. The van der Waals surface area contributed by atoms with Crippen molar-refractivity contribution in [2.75, 3.05) is 26.7 Å². The largest absolute Gasteiger partial charge is 0.337 e. The molecule has 1 fully saturated rings. The molecule has 1 aromatic heterocycles. The van der Waals surface area contributed by atoms with Crippen molar-refractivity contribution in [1.82, 2.24) is 15.2 Å². The fourth-order valence-corrected chi connectivity index (χ4v) is 4.18. The highest BCUT2D eigenvalue weighted by atomic mass is 35.5. The van der Waals surface area contributed by atoms with Gasteiger partial charge in [0, 0.05) is 24.0 Å². The molecule has 24 heavy (non-hydrogen) atoms. The molecule has 0 saturated carbocycles. The smallest absolute Gasteiger partial charge is 0.273 e. The van der Waals surface area contributed by atoms with Crippen molar-refractivity contribution in [2.24, 2.45) is 5.92 Å². The maximum absolute atomic E-state index is 12.7. The van der Waals surface area contributed by atoms with E-state index >= 15 is 0 Å². The lowest BCUT2D eigenvalue weighted by Gasteiger charge is -2.31. The van der Waals surface area contributed by atoms with Crippen molar-refractivity contribution in [2.45, 2.75) is 19.3 Å². The number of halogens is 1. The molecular formula is C18H22ClN3OS. The Kier molecular flexibility index (Phi) is 5.87. The third-order valence-electron chi connectivity index (χ3n) is 4.53. The fourth-order valence-electron chi connectivity index (χ4n) is 3.07. The van der Waals surface area contributed by atoms with Gasteiger partial charge in [0.2, 0.25) is 0 Å². The topological polar surface area (TPSA) is 45.2 Å². The van der Waals surface area contributed by atoms with Crippen LogP contribution in [0.1, 0.15) is 29.8 Å². The van der Waals surface area contributed by atoms with Crippen molar-refractivity contribution >= 4 is 28.8 Å². The Morgan fingerprint density at radius 3 is 2.83 bits per heavy atom. The Balaban J connectivity index is 1.64. The van der Waals surface area contributed by atoms with Gasteiger partial charge in [0.25, 0.3) is 5.91 Å². The van der Waals surface area contributed by atoms with Gasteiger partial charge in [0.05, 0.1) is 5.02 Å². The maximum Gasteiger partial charge on any atom is 0.273 e. The summed E-state index contributed by atoms with van der Waals surface area (Å²) in [5, 5.41) is 6.50. The molecule has 0 aliphatic carbocycles. The summed E-state index contributed by atoms with van der Waals surface area (Å²) in [5.74, 6) is 0.757. The fraction of sp³-hybridized carbons (Fsp3) is 0.444. The highest BCUT2D eigenvalue weighted by molar-refractivity contribution is 7.13. The first-order valence-corrected chi connectivity index (χ1v) is 9.59. The molecule has 1 saturated heterocycles. The molecule has 0 bridgehead atoms. The third kappa shape index (κ3) is 3.97. The third-order valence-corrected chi connectivity index (χ3v) is 5.74. The van der Waals surface area contributed by atoms with Gasteiger partial charge in [0.1, 0.15) is 10.7 Å². The maximum atomic E-state index is 12.7. The Bertz CT molecular complexity index is 695. The van der Waals surface area contributed by atoms with Crippen LogP contribution in [-0.2, 0) is 0 Å². The first-order valence-electron chi connectivity index (χ1n) is 8.33. The van der Waals surface area contributed by atoms with Gasteiger partial charge >= 0.3 is 0 Å². The molecule has 6 heteroatoms. The number of piperidine rings is 1. The molecule has 0 unspecified atom stereocenters. The average molecular weight is 364 g/mol. The van der Waals surface area contributed by atoms with Gasteiger partial charge < -0.3 is 10.2 Å².